The second-order valence-electron chi connectivity index (χ2n) is 4.42. The van der Waals surface area contributed by atoms with E-state index in [-0.39, 0.29) is 24.7 Å². The number of halogens is 2. The van der Waals surface area contributed by atoms with Crippen LogP contribution in [0.3, 0.4) is 0 Å². The first kappa shape index (κ1) is 15.5. The van der Waals surface area contributed by atoms with Crippen LogP contribution in [-0.2, 0) is 16.1 Å². The Bertz CT molecular complexity index is 610. The molecule has 1 aromatic carbocycles. The van der Waals surface area contributed by atoms with Crippen molar-refractivity contribution in [2.75, 3.05) is 19.0 Å². The third-order valence-corrected chi connectivity index (χ3v) is 3.19. The fourth-order valence-corrected chi connectivity index (χ4v) is 2.00. The Kier molecular flexibility index (Phi) is 5.30. The molecule has 0 saturated carbocycles. The van der Waals surface area contributed by atoms with Crippen LogP contribution in [0.15, 0.2) is 30.6 Å². The average molecular weight is 312 g/mol. The van der Waals surface area contributed by atoms with Gasteiger partial charge < -0.3 is 10.1 Å². The number of anilines is 1. The average Bonchev–Trinajstić information content (AvgIpc) is 2.88. The van der Waals surface area contributed by atoms with Crippen molar-refractivity contribution in [1.29, 1.82) is 0 Å². The summed E-state index contributed by atoms with van der Waals surface area (Å²) in [4.78, 5) is 11.5. The van der Waals surface area contributed by atoms with Gasteiger partial charge in [0.2, 0.25) is 5.91 Å². The summed E-state index contributed by atoms with van der Waals surface area (Å²) in [5.41, 5.74) is 0.906. The van der Waals surface area contributed by atoms with Crippen molar-refractivity contribution >= 4 is 23.2 Å². The monoisotopic (exact) mass is 311 g/mol. The van der Waals surface area contributed by atoms with Gasteiger partial charge in [0.15, 0.2) is 0 Å². The molecule has 0 aliphatic carbocycles. The number of rotatable bonds is 6. The number of nitrogens with one attached hydrogen (secondary N) is 1. The van der Waals surface area contributed by atoms with E-state index in [1.54, 1.807) is 18.3 Å². The number of ether oxygens (including phenoxy) is 1. The molecule has 0 bridgehead atoms. The first-order valence-corrected chi connectivity index (χ1v) is 6.72. The van der Waals surface area contributed by atoms with E-state index >= 15 is 0 Å². The predicted molar refractivity (Wildman–Crippen MR) is 77.9 cm³/mol. The van der Waals surface area contributed by atoms with Crippen molar-refractivity contribution in [1.82, 2.24) is 9.78 Å². The van der Waals surface area contributed by atoms with Crippen LogP contribution in [0.1, 0.15) is 12.0 Å². The van der Waals surface area contributed by atoms with Crippen LogP contribution >= 0.6 is 11.6 Å². The van der Waals surface area contributed by atoms with E-state index in [0.717, 1.165) is 0 Å². The second-order valence-corrected chi connectivity index (χ2v) is 4.82. The fourth-order valence-electron chi connectivity index (χ4n) is 1.78. The molecule has 7 heteroatoms. The maximum absolute atomic E-state index is 13.7. The van der Waals surface area contributed by atoms with Crippen LogP contribution in [0.25, 0.3) is 0 Å². The van der Waals surface area contributed by atoms with Crippen LogP contribution in [0.2, 0.25) is 5.02 Å². The Morgan fingerprint density at radius 3 is 3.05 bits per heavy atom. The van der Waals surface area contributed by atoms with Gasteiger partial charge in [-0.1, -0.05) is 17.7 Å². The van der Waals surface area contributed by atoms with E-state index in [1.807, 2.05) is 0 Å². The molecule has 0 saturated heterocycles. The lowest BCUT2D eigenvalue weighted by atomic mass is 10.2. The third kappa shape index (κ3) is 4.27. The summed E-state index contributed by atoms with van der Waals surface area (Å²) in [5.74, 6) is -0.552. The van der Waals surface area contributed by atoms with Gasteiger partial charge in [0, 0.05) is 23.9 Å². The summed E-state index contributed by atoms with van der Waals surface area (Å²) in [6.07, 6.45) is 3.38. The van der Waals surface area contributed by atoms with Crippen molar-refractivity contribution < 1.29 is 13.9 Å². The fraction of sp³-hybridized carbons (Fsp3) is 0.286. The van der Waals surface area contributed by atoms with Gasteiger partial charge in [-0.15, -0.1) is 0 Å². The number of aromatic nitrogens is 2. The van der Waals surface area contributed by atoms with Crippen LogP contribution in [0, 0.1) is 5.82 Å². The highest BCUT2D eigenvalue weighted by Gasteiger charge is 2.09. The van der Waals surface area contributed by atoms with Crippen LogP contribution in [0.5, 0.6) is 0 Å². The van der Waals surface area contributed by atoms with E-state index < -0.39 is 0 Å². The zero-order valence-corrected chi connectivity index (χ0v) is 12.2. The molecule has 2 aromatic rings. The van der Waals surface area contributed by atoms with Gasteiger partial charge in [0.1, 0.15) is 5.82 Å². The van der Waals surface area contributed by atoms with Crippen LogP contribution < -0.4 is 5.32 Å². The Balaban J connectivity index is 2.02. The molecule has 112 valence electrons. The maximum Gasteiger partial charge on any atom is 0.226 e. The number of carbonyl (C=O) groups excluding carboxylic acids is 1. The van der Waals surface area contributed by atoms with E-state index in [4.69, 9.17) is 16.3 Å². The van der Waals surface area contributed by atoms with Gasteiger partial charge in [0.25, 0.3) is 0 Å². The number of nitrogens with zero attached hydrogens (tertiary/aromatic N) is 2. The molecule has 0 aliphatic heterocycles. The topological polar surface area (TPSA) is 56.1 Å². The number of methoxy groups -OCH3 is 1. The number of hydrogen-bond donors (Lipinski definition) is 1. The normalized spacial score (nSPS) is 10.6. The molecule has 0 fully saturated rings. The highest BCUT2D eigenvalue weighted by Crippen LogP contribution is 2.20. The van der Waals surface area contributed by atoms with Crippen LogP contribution in [0.4, 0.5) is 10.1 Å². The van der Waals surface area contributed by atoms with Crippen LogP contribution in [-0.4, -0.2) is 29.4 Å². The first-order valence-electron chi connectivity index (χ1n) is 6.34. The maximum atomic E-state index is 13.7. The molecule has 0 atom stereocenters. The molecular formula is C14H15ClFN3O2. The zero-order chi connectivity index (χ0) is 15.2. The standard InChI is InChI=1S/C14H15ClFN3O2/c1-21-6-5-14(20)18-10-7-17-19(8-10)9-11-12(15)3-2-4-13(11)16/h2-4,7-8H,5-6,9H2,1H3,(H,18,20). The molecule has 1 aromatic heterocycles. The van der Waals surface area contributed by atoms with Gasteiger partial charge in [-0.2, -0.15) is 5.10 Å². The Labute approximate surface area is 126 Å². The summed E-state index contributed by atoms with van der Waals surface area (Å²) < 4.78 is 20.0. The Morgan fingerprint density at radius 2 is 2.33 bits per heavy atom. The molecule has 1 N–H and O–H groups in total. The number of hydrogen-bond acceptors (Lipinski definition) is 3. The van der Waals surface area contributed by atoms with Gasteiger partial charge >= 0.3 is 0 Å². The SMILES string of the molecule is COCCC(=O)Nc1cnn(Cc2c(F)cccc2Cl)c1. The first-order chi connectivity index (χ1) is 10.1. The van der Waals surface area contributed by atoms with Gasteiger partial charge in [-0.05, 0) is 12.1 Å². The van der Waals surface area contributed by atoms with E-state index in [0.29, 0.717) is 22.9 Å². The number of amides is 1. The second kappa shape index (κ2) is 7.19. The summed E-state index contributed by atoms with van der Waals surface area (Å²) in [7, 11) is 1.53. The summed E-state index contributed by atoms with van der Waals surface area (Å²) in [6, 6.07) is 4.51. The minimum Gasteiger partial charge on any atom is -0.384 e. The van der Waals surface area contributed by atoms with Crippen molar-refractivity contribution in [2.24, 2.45) is 0 Å². The third-order valence-electron chi connectivity index (χ3n) is 2.83. The molecular weight excluding hydrogens is 297 g/mol. The molecule has 0 radical (unpaired) electrons. The zero-order valence-electron chi connectivity index (χ0n) is 11.5. The van der Waals surface area contributed by atoms with Crippen molar-refractivity contribution in [3.05, 3.63) is 47.0 Å². The summed E-state index contributed by atoms with van der Waals surface area (Å²) >= 11 is 5.96. The Hall–Kier alpha value is -1.92. The number of carbonyl (C=O) groups is 1. The molecule has 5 nitrogen and oxygen atoms in total. The van der Waals surface area contributed by atoms with Gasteiger partial charge in [0.05, 0.1) is 31.5 Å². The Morgan fingerprint density at radius 1 is 1.52 bits per heavy atom. The minimum absolute atomic E-state index is 0.166. The smallest absolute Gasteiger partial charge is 0.226 e. The predicted octanol–water partition coefficient (Wildman–Crippen LogP) is 2.70. The quantitative estimate of drug-likeness (QED) is 0.892. The highest BCUT2D eigenvalue weighted by molar-refractivity contribution is 6.31. The lowest BCUT2D eigenvalue weighted by molar-refractivity contribution is -0.117. The lowest BCUT2D eigenvalue weighted by Crippen LogP contribution is -2.13. The van der Waals surface area contributed by atoms with E-state index in [9.17, 15) is 9.18 Å². The molecule has 0 spiro atoms. The largest absolute Gasteiger partial charge is 0.384 e. The van der Waals surface area contributed by atoms with Crippen molar-refractivity contribution in [3.63, 3.8) is 0 Å². The van der Waals surface area contributed by atoms with E-state index in [1.165, 1.54) is 24.1 Å². The van der Waals surface area contributed by atoms with Crippen molar-refractivity contribution in [3.8, 4) is 0 Å². The lowest BCUT2D eigenvalue weighted by Gasteiger charge is -2.05. The van der Waals surface area contributed by atoms with Crippen molar-refractivity contribution in [2.45, 2.75) is 13.0 Å². The molecule has 0 unspecified atom stereocenters. The molecule has 0 aliphatic rings. The highest BCUT2D eigenvalue weighted by atomic mass is 35.5. The summed E-state index contributed by atoms with van der Waals surface area (Å²) in [6.45, 7) is 0.546. The molecule has 21 heavy (non-hydrogen) atoms. The molecule has 1 heterocycles. The molecule has 2 rings (SSSR count). The van der Waals surface area contributed by atoms with E-state index in [2.05, 4.69) is 10.4 Å². The molecule has 1 amide bonds. The summed E-state index contributed by atoms with van der Waals surface area (Å²) in [5, 5.41) is 7.10. The minimum atomic E-state index is -0.385. The number of benzene rings is 1. The van der Waals surface area contributed by atoms with Gasteiger partial charge in [-0.25, -0.2) is 4.39 Å². The van der Waals surface area contributed by atoms with Gasteiger partial charge in [-0.3, -0.25) is 9.48 Å².